The third kappa shape index (κ3) is 3.84. The monoisotopic (exact) mass is 339 g/mol. The van der Waals surface area contributed by atoms with Crippen molar-refractivity contribution in [2.75, 3.05) is 37.8 Å². The number of thioether (sulfide) groups is 1. The first-order valence-electron chi connectivity index (χ1n) is 7.90. The first kappa shape index (κ1) is 16.3. The maximum absolute atomic E-state index is 12.5. The van der Waals surface area contributed by atoms with Gasteiger partial charge < -0.3 is 9.80 Å². The number of amides is 3. The van der Waals surface area contributed by atoms with Gasteiger partial charge in [-0.2, -0.15) is 5.10 Å². The number of hydrogen-bond acceptors (Lipinski definition) is 6. The summed E-state index contributed by atoms with van der Waals surface area (Å²) in [5, 5.41) is 7.06. The van der Waals surface area contributed by atoms with Crippen LogP contribution in [0.1, 0.15) is 19.3 Å². The van der Waals surface area contributed by atoms with E-state index in [2.05, 4.69) is 15.8 Å². The van der Waals surface area contributed by atoms with Gasteiger partial charge in [-0.05, 0) is 6.42 Å². The molecule has 2 saturated heterocycles. The zero-order valence-electron chi connectivity index (χ0n) is 12.9. The molecule has 0 bridgehead atoms. The van der Waals surface area contributed by atoms with E-state index in [0.29, 0.717) is 44.7 Å². The minimum Gasteiger partial charge on any atom is -0.339 e. The normalized spacial score (nSPS) is 25.7. The van der Waals surface area contributed by atoms with Crippen molar-refractivity contribution < 1.29 is 14.4 Å². The molecule has 3 amide bonds. The number of hydrogen-bond donors (Lipinski definition) is 2. The average molecular weight is 339 g/mol. The second-order valence-corrected chi connectivity index (χ2v) is 6.87. The number of carbonyl (C=O) groups excluding carboxylic acids is 3. The van der Waals surface area contributed by atoms with Crippen molar-refractivity contribution >= 4 is 35.2 Å². The van der Waals surface area contributed by atoms with Gasteiger partial charge in [0.05, 0.1) is 6.04 Å². The molecular weight excluding hydrogens is 318 g/mol. The van der Waals surface area contributed by atoms with Crippen LogP contribution in [-0.4, -0.2) is 77.1 Å². The molecule has 8 nitrogen and oxygen atoms in total. The van der Waals surface area contributed by atoms with E-state index in [1.54, 1.807) is 16.7 Å². The van der Waals surface area contributed by atoms with Gasteiger partial charge in [0.25, 0.3) is 5.91 Å². The molecule has 2 fully saturated rings. The van der Waals surface area contributed by atoms with Crippen molar-refractivity contribution in [1.82, 2.24) is 20.5 Å². The molecule has 0 aromatic carbocycles. The van der Waals surface area contributed by atoms with E-state index in [1.807, 2.05) is 4.90 Å². The van der Waals surface area contributed by atoms with Gasteiger partial charge in [-0.1, -0.05) is 0 Å². The number of carbonyl (C=O) groups is 3. The second-order valence-electron chi connectivity index (χ2n) is 5.84. The smallest absolute Gasteiger partial charge is 0.270 e. The summed E-state index contributed by atoms with van der Waals surface area (Å²) in [5.74, 6) is 1.48. The highest BCUT2D eigenvalue weighted by Gasteiger charge is 2.30. The molecule has 0 aromatic rings. The first-order valence-corrected chi connectivity index (χ1v) is 9.05. The molecule has 0 saturated carbocycles. The van der Waals surface area contributed by atoms with Gasteiger partial charge in [-0.3, -0.25) is 19.7 Å². The molecule has 126 valence electrons. The first-order chi connectivity index (χ1) is 11.1. The Labute approximate surface area is 139 Å². The van der Waals surface area contributed by atoms with Gasteiger partial charge in [0.1, 0.15) is 5.71 Å². The predicted octanol–water partition coefficient (Wildman–Crippen LogP) is -1.02. The Kier molecular flexibility index (Phi) is 5.16. The highest BCUT2D eigenvalue weighted by atomic mass is 32.2. The van der Waals surface area contributed by atoms with Gasteiger partial charge in [0.2, 0.25) is 11.8 Å². The van der Waals surface area contributed by atoms with Crippen LogP contribution in [0.25, 0.3) is 0 Å². The summed E-state index contributed by atoms with van der Waals surface area (Å²) in [4.78, 5) is 39.6. The van der Waals surface area contributed by atoms with Crippen molar-refractivity contribution in [1.29, 1.82) is 0 Å². The Balaban J connectivity index is 1.56. The van der Waals surface area contributed by atoms with Gasteiger partial charge in [0, 0.05) is 50.7 Å². The fourth-order valence-electron chi connectivity index (χ4n) is 2.93. The molecule has 23 heavy (non-hydrogen) atoms. The molecule has 9 heteroatoms. The van der Waals surface area contributed by atoms with Crippen LogP contribution in [0.3, 0.4) is 0 Å². The van der Waals surface area contributed by atoms with E-state index in [-0.39, 0.29) is 23.8 Å². The zero-order valence-corrected chi connectivity index (χ0v) is 13.7. The summed E-state index contributed by atoms with van der Waals surface area (Å²) in [6.45, 7) is 2.35. The molecule has 0 aliphatic carbocycles. The third-order valence-corrected chi connectivity index (χ3v) is 5.20. The molecule has 3 heterocycles. The van der Waals surface area contributed by atoms with Gasteiger partial charge in [-0.25, -0.2) is 5.43 Å². The summed E-state index contributed by atoms with van der Waals surface area (Å²) in [7, 11) is 0. The quantitative estimate of drug-likeness (QED) is 0.671. The lowest BCUT2D eigenvalue weighted by atomic mass is 10.1. The van der Waals surface area contributed by atoms with E-state index in [9.17, 15) is 14.4 Å². The van der Waals surface area contributed by atoms with Crippen molar-refractivity contribution in [3.05, 3.63) is 0 Å². The third-order valence-electron chi connectivity index (χ3n) is 4.26. The van der Waals surface area contributed by atoms with Crippen molar-refractivity contribution in [3.8, 4) is 0 Å². The summed E-state index contributed by atoms with van der Waals surface area (Å²) < 4.78 is 0. The maximum Gasteiger partial charge on any atom is 0.270 e. The summed E-state index contributed by atoms with van der Waals surface area (Å²) in [5.41, 5.74) is 2.76. The lowest BCUT2D eigenvalue weighted by molar-refractivity contribution is -0.133. The highest BCUT2D eigenvalue weighted by molar-refractivity contribution is 7.99. The highest BCUT2D eigenvalue weighted by Crippen LogP contribution is 2.14. The molecule has 0 spiro atoms. The van der Waals surface area contributed by atoms with Crippen LogP contribution in [0.2, 0.25) is 0 Å². The molecule has 3 rings (SSSR count). The topological polar surface area (TPSA) is 94.1 Å². The maximum atomic E-state index is 12.5. The van der Waals surface area contributed by atoms with Crippen LogP contribution in [0.4, 0.5) is 0 Å². The Morgan fingerprint density at radius 1 is 1.13 bits per heavy atom. The van der Waals surface area contributed by atoms with E-state index in [4.69, 9.17) is 0 Å². The van der Waals surface area contributed by atoms with Gasteiger partial charge >= 0.3 is 0 Å². The Morgan fingerprint density at radius 2 is 1.91 bits per heavy atom. The molecule has 3 aliphatic heterocycles. The second kappa shape index (κ2) is 7.31. The standard InChI is InChI=1S/C14H21N5O3S/c20-12-3-2-10(16-17-12)13(21)18-4-1-5-19(7-6-18)14(22)11-8-23-9-15-11/h11,15H,1-9H2,(H,17,20). The Morgan fingerprint density at radius 3 is 2.61 bits per heavy atom. The van der Waals surface area contributed by atoms with Crippen LogP contribution < -0.4 is 10.7 Å². The molecular formula is C14H21N5O3S. The Hall–Kier alpha value is -1.61. The van der Waals surface area contributed by atoms with Crippen molar-refractivity contribution in [3.63, 3.8) is 0 Å². The largest absolute Gasteiger partial charge is 0.339 e. The number of nitrogens with zero attached hydrogens (tertiary/aromatic N) is 3. The molecule has 0 aromatic heterocycles. The fraction of sp³-hybridized carbons (Fsp3) is 0.714. The summed E-state index contributed by atoms with van der Waals surface area (Å²) in [6.07, 6.45) is 1.44. The minimum atomic E-state index is -0.156. The number of rotatable bonds is 2. The number of hydrazone groups is 1. The lowest BCUT2D eigenvalue weighted by Crippen LogP contribution is -2.47. The van der Waals surface area contributed by atoms with Crippen LogP contribution in [0.15, 0.2) is 5.10 Å². The lowest BCUT2D eigenvalue weighted by Gasteiger charge is -2.25. The van der Waals surface area contributed by atoms with Crippen LogP contribution in [0.5, 0.6) is 0 Å². The minimum absolute atomic E-state index is 0.0971. The zero-order chi connectivity index (χ0) is 16.2. The number of nitrogens with one attached hydrogen (secondary N) is 2. The van der Waals surface area contributed by atoms with E-state index in [1.165, 1.54) is 0 Å². The molecule has 3 aliphatic rings. The van der Waals surface area contributed by atoms with Crippen LogP contribution in [0, 0.1) is 0 Å². The average Bonchev–Trinajstić information content (AvgIpc) is 2.99. The van der Waals surface area contributed by atoms with Gasteiger partial charge in [-0.15, -0.1) is 11.8 Å². The molecule has 0 radical (unpaired) electrons. The fourth-order valence-corrected chi connectivity index (χ4v) is 3.86. The molecule has 2 N–H and O–H groups in total. The van der Waals surface area contributed by atoms with Crippen LogP contribution >= 0.6 is 11.8 Å². The molecule has 1 atom stereocenters. The van der Waals surface area contributed by atoms with Crippen molar-refractivity contribution in [2.24, 2.45) is 5.10 Å². The predicted molar refractivity (Wildman–Crippen MR) is 86.8 cm³/mol. The van der Waals surface area contributed by atoms with Gasteiger partial charge in [0.15, 0.2) is 0 Å². The molecule has 1 unspecified atom stereocenters. The van der Waals surface area contributed by atoms with E-state index < -0.39 is 0 Å². The SMILES string of the molecule is O=C1CCC(C(=O)N2CCCN(C(=O)C3CSCN3)CC2)=NN1. The summed E-state index contributed by atoms with van der Waals surface area (Å²) in [6, 6.07) is -0.0971. The van der Waals surface area contributed by atoms with Crippen LogP contribution in [-0.2, 0) is 14.4 Å². The Bertz CT molecular complexity index is 533. The van der Waals surface area contributed by atoms with E-state index >= 15 is 0 Å². The summed E-state index contributed by atoms with van der Waals surface area (Å²) >= 11 is 1.73. The van der Waals surface area contributed by atoms with E-state index in [0.717, 1.165) is 18.1 Å². The van der Waals surface area contributed by atoms with Crippen molar-refractivity contribution in [2.45, 2.75) is 25.3 Å².